The van der Waals surface area contributed by atoms with Crippen molar-refractivity contribution in [3.63, 3.8) is 0 Å². The van der Waals surface area contributed by atoms with E-state index < -0.39 is 5.97 Å². The molecule has 8 heteroatoms. The Labute approximate surface area is 192 Å². The van der Waals surface area contributed by atoms with Gasteiger partial charge < -0.3 is 15.0 Å². The Balaban J connectivity index is 1.50. The van der Waals surface area contributed by atoms with E-state index in [2.05, 4.69) is 17.2 Å². The van der Waals surface area contributed by atoms with Gasteiger partial charge in [0.2, 0.25) is 0 Å². The molecule has 1 N–H and O–H groups in total. The molecule has 0 spiro atoms. The van der Waals surface area contributed by atoms with Crippen molar-refractivity contribution >= 4 is 34.1 Å². The van der Waals surface area contributed by atoms with Gasteiger partial charge in [0.05, 0.1) is 11.1 Å². The number of thiophene rings is 1. The van der Waals surface area contributed by atoms with Crippen molar-refractivity contribution < 1.29 is 19.1 Å². The highest BCUT2D eigenvalue weighted by molar-refractivity contribution is 7.17. The predicted octanol–water partition coefficient (Wildman–Crippen LogP) is 4.22. The van der Waals surface area contributed by atoms with Crippen LogP contribution >= 0.6 is 11.3 Å². The van der Waals surface area contributed by atoms with Crippen molar-refractivity contribution in [1.29, 1.82) is 0 Å². The highest BCUT2D eigenvalue weighted by atomic mass is 32.1. The summed E-state index contributed by atoms with van der Waals surface area (Å²) in [4.78, 5) is 45.5. The second-order valence-corrected chi connectivity index (χ2v) is 9.44. The van der Waals surface area contributed by atoms with Crippen LogP contribution in [0.5, 0.6) is 0 Å². The zero-order valence-corrected chi connectivity index (χ0v) is 19.2. The average Bonchev–Trinajstić information content (AvgIpc) is 3.20. The molecule has 170 valence electrons. The maximum atomic E-state index is 13.1. The Morgan fingerprint density at radius 3 is 2.84 bits per heavy atom. The van der Waals surface area contributed by atoms with Gasteiger partial charge in [0.25, 0.3) is 11.8 Å². The number of esters is 1. The van der Waals surface area contributed by atoms with Gasteiger partial charge in [-0.25, -0.2) is 4.79 Å². The largest absolute Gasteiger partial charge is 0.452 e. The molecule has 1 aliphatic carbocycles. The third-order valence-electron chi connectivity index (χ3n) is 6.27. The molecule has 0 aromatic carbocycles. The number of rotatable bonds is 6. The molecule has 1 saturated heterocycles. The molecule has 1 aliphatic heterocycles. The smallest absolute Gasteiger partial charge is 0.341 e. The van der Waals surface area contributed by atoms with E-state index in [9.17, 15) is 14.4 Å². The number of ether oxygens (including phenoxy) is 1. The highest BCUT2D eigenvalue weighted by Crippen LogP contribution is 2.38. The normalized spacial score (nSPS) is 18.0. The Bertz CT molecular complexity index is 989. The van der Waals surface area contributed by atoms with Gasteiger partial charge >= 0.3 is 5.97 Å². The number of carbonyl (C=O) groups is 3. The number of aromatic nitrogens is 1. The fourth-order valence-electron chi connectivity index (χ4n) is 4.58. The first-order chi connectivity index (χ1) is 15.6. The lowest BCUT2D eigenvalue weighted by Gasteiger charge is -2.35. The molecule has 2 aromatic heterocycles. The summed E-state index contributed by atoms with van der Waals surface area (Å²) < 4.78 is 5.50. The van der Waals surface area contributed by atoms with Gasteiger partial charge in [-0.2, -0.15) is 0 Å². The van der Waals surface area contributed by atoms with Crippen molar-refractivity contribution in [3.8, 4) is 0 Å². The van der Waals surface area contributed by atoms with Crippen LogP contribution in [0.2, 0.25) is 0 Å². The fourth-order valence-corrected chi connectivity index (χ4v) is 5.85. The van der Waals surface area contributed by atoms with E-state index in [0.717, 1.165) is 68.4 Å². The second-order valence-electron chi connectivity index (χ2n) is 8.33. The average molecular weight is 456 g/mol. The number of likely N-dealkylation sites (tertiary alicyclic amines) is 1. The standard InChI is InChI=1S/C24H29N3O4S/c1-2-17-9-5-6-13-27(17)20(28)15-31-24(30)21-18-10-3-4-11-19(18)32-23(21)26-22(29)16-8-7-12-25-14-16/h7-8,12,14,17H,2-6,9-11,13,15H2,1H3,(H,26,29). The van der Waals surface area contributed by atoms with Crippen LogP contribution < -0.4 is 5.32 Å². The number of amides is 2. The first-order valence-corrected chi connectivity index (χ1v) is 12.2. The minimum Gasteiger partial charge on any atom is -0.452 e. The van der Waals surface area contributed by atoms with Crippen LogP contribution in [0.3, 0.4) is 0 Å². The summed E-state index contributed by atoms with van der Waals surface area (Å²) in [6.07, 6.45) is 10.8. The monoisotopic (exact) mass is 455 g/mol. The minimum atomic E-state index is -0.538. The van der Waals surface area contributed by atoms with E-state index in [1.165, 1.54) is 17.5 Å². The Morgan fingerprint density at radius 1 is 1.22 bits per heavy atom. The molecular formula is C24H29N3O4S. The third-order valence-corrected chi connectivity index (χ3v) is 7.48. The molecule has 4 rings (SSSR count). The number of aryl methyl sites for hydroxylation is 1. The Hall–Kier alpha value is -2.74. The first kappa shape index (κ1) is 22.5. The summed E-state index contributed by atoms with van der Waals surface area (Å²) in [7, 11) is 0. The van der Waals surface area contributed by atoms with Gasteiger partial charge in [0.1, 0.15) is 5.00 Å². The molecule has 1 atom stereocenters. The van der Waals surface area contributed by atoms with Gasteiger partial charge in [-0.1, -0.05) is 6.92 Å². The molecule has 3 heterocycles. The van der Waals surface area contributed by atoms with Crippen LogP contribution in [0.25, 0.3) is 0 Å². The fraction of sp³-hybridized carbons (Fsp3) is 0.500. The quantitative estimate of drug-likeness (QED) is 0.659. The topological polar surface area (TPSA) is 88.6 Å². The van der Waals surface area contributed by atoms with E-state index >= 15 is 0 Å². The van der Waals surface area contributed by atoms with Crippen LogP contribution in [0.4, 0.5) is 5.00 Å². The molecular weight excluding hydrogens is 426 g/mol. The predicted molar refractivity (Wildman–Crippen MR) is 123 cm³/mol. The van der Waals surface area contributed by atoms with Gasteiger partial charge in [0.15, 0.2) is 6.61 Å². The number of carbonyl (C=O) groups excluding carboxylic acids is 3. The van der Waals surface area contributed by atoms with Gasteiger partial charge in [-0.05, 0) is 69.1 Å². The van der Waals surface area contributed by atoms with Crippen molar-refractivity contribution in [3.05, 3.63) is 46.1 Å². The summed E-state index contributed by atoms with van der Waals surface area (Å²) >= 11 is 1.43. The number of nitrogens with zero attached hydrogens (tertiary/aromatic N) is 2. The van der Waals surface area contributed by atoms with Crippen molar-refractivity contribution in [2.75, 3.05) is 18.5 Å². The molecule has 1 unspecified atom stereocenters. The molecule has 1 fully saturated rings. The lowest BCUT2D eigenvalue weighted by molar-refractivity contribution is -0.138. The second kappa shape index (κ2) is 10.3. The third kappa shape index (κ3) is 4.85. The van der Waals surface area contributed by atoms with E-state index in [-0.39, 0.29) is 24.5 Å². The minimum absolute atomic E-state index is 0.144. The molecule has 2 aliphatic rings. The van der Waals surface area contributed by atoms with Crippen LogP contribution in [0.15, 0.2) is 24.5 Å². The van der Waals surface area contributed by atoms with Gasteiger partial charge in [-0.15, -0.1) is 11.3 Å². The Kier molecular flexibility index (Phi) is 7.19. The number of anilines is 1. The molecule has 0 radical (unpaired) electrons. The number of pyridine rings is 1. The van der Waals surface area contributed by atoms with E-state index in [1.807, 2.05) is 4.90 Å². The molecule has 32 heavy (non-hydrogen) atoms. The number of piperidine rings is 1. The molecule has 0 saturated carbocycles. The van der Waals surface area contributed by atoms with Gasteiger partial charge in [0, 0.05) is 29.9 Å². The zero-order chi connectivity index (χ0) is 22.5. The van der Waals surface area contributed by atoms with Crippen molar-refractivity contribution in [1.82, 2.24) is 9.88 Å². The van der Waals surface area contributed by atoms with E-state index in [0.29, 0.717) is 16.1 Å². The summed E-state index contributed by atoms with van der Waals surface area (Å²) in [5.74, 6) is -1.000. The maximum Gasteiger partial charge on any atom is 0.341 e. The molecule has 0 bridgehead atoms. The Morgan fingerprint density at radius 2 is 2.06 bits per heavy atom. The number of fused-ring (bicyclic) bond motifs is 1. The molecule has 2 amide bonds. The lowest BCUT2D eigenvalue weighted by Crippen LogP contribution is -2.45. The maximum absolute atomic E-state index is 13.1. The van der Waals surface area contributed by atoms with Gasteiger partial charge in [-0.3, -0.25) is 14.6 Å². The summed E-state index contributed by atoms with van der Waals surface area (Å²) in [6, 6.07) is 3.59. The summed E-state index contributed by atoms with van der Waals surface area (Å²) in [5.41, 5.74) is 1.77. The van der Waals surface area contributed by atoms with Crippen molar-refractivity contribution in [2.45, 2.75) is 64.3 Å². The van der Waals surface area contributed by atoms with E-state index in [4.69, 9.17) is 4.74 Å². The van der Waals surface area contributed by atoms with Crippen LogP contribution in [-0.2, 0) is 22.4 Å². The van der Waals surface area contributed by atoms with Crippen molar-refractivity contribution in [2.24, 2.45) is 0 Å². The first-order valence-electron chi connectivity index (χ1n) is 11.4. The number of hydrogen-bond acceptors (Lipinski definition) is 6. The SMILES string of the molecule is CCC1CCCCN1C(=O)COC(=O)c1c(NC(=O)c2cccnc2)sc2c1CCCC2. The number of hydrogen-bond donors (Lipinski definition) is 1. The van der Waals surface area contributed by atoms with Crippen LogP contribution in [-0.4, -0.2) is 46.9 Å². The van der Waals surface area contributed by atoms with Crippen LogP contribution in [0.1, 0.15) is 76.6 Å². The zero-order valence-electron chi connectivity index (χ0n) is 18.4. The lowest BCUT2D eigenvalue weighted by atomic mass is 9.95. The summed E-state index contributed by atoms with van der Waals surface area (Å²) in [6.45, 7) is 2.53. The molecule has 2 aromatic rings. The van der Waals surface area contributed by atoms with E-state index in [1.54, 1.807) is 18.3 Å². The molecule has 7 nitrogen and oxygen atoms in total. The number of nitrogens with one attached hydrogen (secondary N) is 1. The van der Waals surface area contributed by atoms with Crippen LogP contribution in [0, 0.1) is 0 Å². The highest BCUT2D eigenvalue weighted by Gasteiger charge is 2.30. The summed E-state index contributed by atoms with van der Waals surface area (Å²) in [5, 5.41) is 3.37.